The Balaban J connectivity index is 2.86. The zero-order valence-corrected chi connectivity index (χ0v) is 9.87. The number of rotatable bonds is 1. The van der Waals surface area contributed by atoms with E-state index in [0.717, 1.165) is 3.58 Å². The van der Waals surface area contributed by atoms with Crippen LogP contribution in [0.3, 0.4) is 0 Å². The number of hydrogen-bond donors (Lipinski definition) is 1. The van der Waals surface area contributed by atoms with Crippen LogP contribution < -0.4 is 0 Å². The predicted octanol–water partition coefficient (Wildman–Crippen LogP) is 2.52. The average Bonchev–Trinajstić information content (AvgIpc) is 1.86. The molecule has 11 heavy (non-hydrogen) atoms. The van der Waals surface area contributed by atoms with Gasteiger partial charge in [-0.3, -0.25) is 4.79 Å². The van der Waals surface area contributed by atoms with Crippen LogP contribution in [0.15, 0.2) is 21.8 Å². The molecule has 1 aliphatic rings. The summed E-state index contributed by atoms with van der Waals surface area (Å²) >= 11 is 4.12. The Labute approximate surface area is 92.0 Å². The highest BCUT2D eigenvalue weighted by Gasteiger charge is 2.34. The minimum Gasteiger partial charge on any atom is -0.480 e. The second kappa shape index (κ2) is 3.42. The van der Waals surface area contributed by atoms with Gasteiger partial charge in [0, 0.05) is 6.42 Å². The molecule has 60 valence electrons. The molecule has 0 heterocycles. The minimum absolute atomic E-state index is 0.597. The van der Waals surface area contributed by atoms with Crippen molar-refractivity contribution in [3.63, 3.8) is 0 Å². The molecular formula is C7H6I2O2. The van der Waals surface area contributed by atoms with E-state index >= 15 is 0 Å². The van der Waals surface area contributed by atoms with Gasteiger partial charge in [-0.05, 0) is 26.2 Å². The summed E-state index contributed by atoms with van der Waals surface area (Å²) in [5.74, 6) is -0.767. The number of alkyl halides is 1. The Morgan fingerprint density at radius 1 is 1.73 bits per heavy atom. The van der Waals surface area contributed by atoms with Crippen LogP contribution >= 0.6 is 45.2 Å². The second-order valence-corrected chi connectivity index (χ2v) is 5.63. The van der Waals surface area contributed by atoms with Gasteiger partial charge in [0.15, 0.2) is 0 Å². The molecule has 0 bridgehead atoms. The summed E-state index contributed by atoms with van der Waals surface area (Å²) in [5, 5.41) is 8.83. The van der Waals surface area contributed by atoms with Crippen molar-refractivity contribution >= 4 is 51.2 Å². The van der Waals surface area contributed by atoms with Crippen LogP contribution in [0, 0.1) is 0 Å². The Morgan fingerprint density at radius 3 is 2.73 bits per heavy atom. The van der Waals surface area contributed by atoms with Gasteiger partial charge in [0.1, 0.15) is 3.42 Å². The van der Waals surface area contributed by atoms with E-state index in [-0.39, 0.29) is 0 Å². The van der Waals surface area contributed by atoms with Crippen molar-refractivity contribution in [2.45, 2.75) is 9.84 Å². The fraction of sp³-hybridized carbons (Fsp3) is 0.286. The lowest BCUT2D eigenvalue weighted by Crippen LogP contribution is -2.30. The highest BCUT2D eigenvalue weighted by Crippen LogP contribution is 2.34. The second-order valence-electron chi connectivity index (χ2n) is 2.32. The third-order valence-corrected chi connectivity index (χ3v) is 3.36. The van der Waals surface area contributed by atoms with Gasteiger partial charge in [0.2, 0.25) is 0 Å². The number of allylic oxidation sites excluding steroid dienone is 3. The molecule has 4 heteroatoms. The minimum atomic E-state index is -0.767. The van der Waals surface area contributed by atoms with Crippen LogP contribution in [0.1, 0.15) is 6.42 Å². The standard InChI is InChI=1S/C7H6I2O2/c8-5-2-1-3-7(9,4-5)6(10)11/h1-3H,4H2,(H,10,11). The summed E-state index contributed by atoms with van der Waals surface area (Å²) in [5.41, 5.74) is 0. The summed E-state index contributed by atoms with van der Waals surface area (Å²) in [4.78, 5) is 10.7. The van der Waals surface area contributed by atoms with Crippen LogP contribution in [-0.2, 0) is 4.79 Å². The molecule has 0 radical (unpaired) electrons. The third-order valence-electron chi connectivity index (χ3n) is 1.42. The zero-order chi connectivity index (χ0) is 8.48. The highest BCUT2D eigenvalue weighted by molar-refractivity contribution is 14.1. The van der Waals surface area contributed by atoms with Gasteiger partial charge in [-0.2, -0.15) is 0 Å². The molecule has 1 atom stereocenters. The van der Waals surface area contributed by atoms with E-state index in [1.54, 1.807) is 12.2 Å². The van der Waals surface area contributed by atoms with Gasteiger partial charge in [-0.15, -0.1) is 0 Å². The molecule has 0 saturated heterocycles. The number of hydrogen-bond acceptors (Lipinski definition) is 1. The van der Waals surface area contributed by atoms with Gasteiger partial charge in [0.25, 0.3) is 0 Å². The highest BCUT2D eigenvalue weighted by atomic mass is 127. The average molecular weight is 376 g/mol. The van der Waals surface area contributed by atoms with Gasteiger partial charge < -0.3 is 5.11 Å². The first kappa shape index (κ1) is 9.50. The molecule has 1 N–H and O–H groups in total. The fourth-order valence-electron chi connectivity index (χ4n) is 0.816. The number of carboxylic acid groups (broad SMARTS) is 1. The van der Waals surface area contributed by atoms with E-state index in [1.807, 2.05) is 28.7 Å². The van der Waals surface area contributed by atoms with E-state index in [2.05, 4.69) is 22.6 Å². The van der Waals surface area contributed by atoms with E-state index in [9.17, 15) is 4.79 Å². The van der Waals surface area contributed by atoms with Crippen LogP contribution in [-0.4, -0.2) is 14.5 Å². The molecule has 0 amide bonds. The summed E-state index contributed by atoms with van der Waals surface area (Å²) < 4.78 is 0.366. The summed E-state index contributed by atoms with van der Waals surface area (Å²) in [6, 6.07) is 0. The van der Waals surface area contributed by atoms with Crippen molar-refractivity contribution in [3.05, 3.63) is 21.8 Å². The largest absolute Gasteiger partial charge is 0.480 e. The molecule has 0 spiro atoms. The monoisotopic (exact) mass is 376 g/mol. The van der Waals surface area contributed by atoms with Gasteiger partial charge in [-0.1, -0.05) is 40.8 Å². The van der Waals surface area contributed by atoms with Crippen LogP contribution in [0.5, 0.6) is 0 Å². The Morgan fingerprint density at radius 2 is 2.36 bits per heavy atom. The maximum absolute atomic E-state index is 10.7. The van der Waals surface area contributed by atoms with E-state index in [4.69, 9.17) is 5.11 Å². The van der Waals surface area contributed by atoms with Gasteiger partial charge in [-0.25, -0.2) is 0 Å². The van der Waals surface area contributed by atoms with Crippen molar-refractivity contribution in [3.8, 4) is 0 Å². The predicted molar refractivity (Wildman–Crippen MR) is 60.2 cm³/mol. The van der Waals surface area contributed by atoms with Crippen molar-refractivity contribution in [1.82, 2.24) is 0 Å². The van der Waals surface area contributed by atoms with Crippen LogP contribution in [0.4, 0.5) is 0 Å². The molecule has 0 saturated carbocycles. The molecule has 0 fully saturated rings. The lowest BCUT2D eigenvalue weighted by atomic mass is 10.0. The van der Waals surface area contributed by atoms with Gasteiger partial charge in [0.05, 0.1) is 0 Å². The van der Waals surface area contributed by atoms with Crippen LogP contribution in [0.2, 0.25) is 0 Å². The smallest absolute Gasteiger partial charge is 0.323 e. The lowest BCUT2D eigenvalue weighted by Gasteiger charge is -2.20. The number of carbonyl (C=O) groups is 1. The topological polar surface area (TPSA) is 37.3 Å². The van der Waals surface area contributed by atoms with Gasteiger partial charge >= 0.3 is 5.97 Å². The summed E-state index contributed by atoms with van der Waals surface area (Å²) in [7, 11) is 0. The Hall–Kier alpha value is 0.410. The molecule has 0 aromatic carbocycles. The molecule has 0 aromatic heterocycles. The van der Waals surface area contributed by atoms with Crippen molar-refractivity contribution in [2.75, 3.05) is 0 Å². The first-order valence-electron chi connectivity index (χ1n) is 3.01. The zero-order valence-electron chi connectivity index (χ0n) is 5.55. The maximum Gasteiger partial charge on any atom is 0.323 e. The van der Waals surface area contributed by atoms with E-state index < -0.39 is 9.39 Å². The SMILES string of the molecule is O=C(O)C1(I)C=CC=C(I)C1. The molecule has 1 aliphatic carbocycles. The maximum atomic E-state index is 10.7. The van der Waals surface area contributed by atoms with E-state index in [1.165, 1.54) is 0 Å². The number of halogens is 2. The first-order valence-corrected chi connectivity index (χ1v) is 5.16. The van der Waals surface area contributed by atoms with Crippen LogP contribution in [0.25, 0.3) is 0 Å². The normalized spacial score (nSPS) is 29.8. The quantitative estimate of drug-likeness (QED) is 0.565. The lowest BCUT2D eigenvalue weighted by molar-refractivity contribution is -0.137. The Bertz CT molecular complexity index is 245. The van der Waals surface area contributed by atoms with Crippen molar-refractivity contribution in [2.24, 2.45) is 0 Å². The molecule has 1 unspecified atom stereocenters. The van der Waals surface area contributed by atoms with E-state index in [0.29, 0.717) is 6.42 Å². The third kappa shape index (κ3) is 2.17. The Kier molecular flexibility index (Phi) is 2.96. The molecule has 0 aromatic rings. The van der Waals surface area contributed by atoms with Crippen molar-refractivity contribution in [1.29, 1.82) is 0 Å². The van der Waals surface area contributed by atoms with Crippen molar-refractivity contribution < 1.29 is 9.90 Å². The number of carboxylic acids is 1. The summed E-state index contributed by atoms with van der Waals surface area (Å²) in [6.07, 6.45) is 6.05. The molecule has 2 nitrogen and oxygen atoms in total. The molecule has 0 aliphatic heterocycles. The molecular weight excluding hydrogens is 370 g/mol. The number of aliphatic carboxylic acids is 1. The first-order chi connectivity index (χ1) is 5.04. The summed E-state index contributed by atoms with van der Waals surface area (Å²) in [6.45, 7) is 0. The fourth-order valence-corrected chi connectivity index (χ4v) is 2.97. The molecule has 1 rings (SSSR count).